The van der Waals surface area contributed by atoms with Crippen molar-refractivity contribution in [2.24, 2.45) is 13.0 Å². The van der Waals surface area contributed by atoms with Crippen LogP contribution in [-0.4, -0.2) is 47.4 Å². The molecule has 28 heavy (non-hydrogen) atoms. The number of hydrogen-bond donors (Lipinski definition) is 1. The van der Waals surface area contributed by atoms with Crippen LogP contribution >= 0.6 is 0 Å². The lowest BCUT2D eigenvalue weighted by molar-refractivity contribution is -0.120. The van der Waals surface area contributed by atoms with Gasteiger partial charge in [0, 0.05) is 20.0 Å². The predicted molar refractivity (Wildman–Crippen MR) is 103 cm³/mol. The van der Waals surface area contributed by atoms with Crippen molar-refractivity contribution < 1.29 is 23.4 Å². The highest BCUT2D eigenvalue weighted by Gasteiger charge is 2.31. The van der Waals surface area contributed by atoms with Crippen molar-refractivity contribution in [2.45, 2.75) is 45.8 Å². The highest BCUT2D eigenvalue weighted by molar-refractivity contribution is 5.79. The van der Waals surface area contributed by atoms with Gasteiger partial charge in [-0.05, 0) is 44.7 Å². The molecule has 1 heterocycles. The van der Waals surface area contributed by atoms with Gasteiger partial charge in [0.15, 0.2) is 11.6 Å². The molecule has 3 rings (SSSR count). The fourth-order valence-electron chi connectivity index (χ4n) is 3.41. The molecule has 1 atom stereocenters. The van der Waals surface area contributed by atoms with E-state index in [1.165, 1.54) is 6.92 Å². The Morgan fingerprint density at radius 1 is 1.39 bits per heavy atom. The molecule has 0 spiro atoms. The zero-order valence-electron chi connectivity index (χ0n) is 16.8. The molecule has 8 heteroatoms. The molecular weight excluding hydrogens is 365 g/mol. The number of halogens is 1. The van der Waals surface area contributed by atoms with Gasteiger partial charge in [-0.2, -0.15) is 4.98 Å². The zero-order valence-corrected chi connectivity index (χ0v) is 16.8. The average molecular weight is 393 g/mol. The number of aromatic nitrogens is 2. The lowest BCUT2D eigenvalue weighted by Crippen LogP contribution is -2.40. The second-order valence-electron chi connectivity index (χ2n) is 7.34. The third kappa shape index (κ3) is 4.55. The first-order chi connectivity index (χ1) is 13.4. The molecule has 7 nitrogen and oxygen atoms in total. The van der Waals surface area contributed by atoms with Crippen molar-refractivity contribution in [1.82, 2.24) is 14.9 Å². The van der Waals surface area contributed by atoms with Gasteiger partial charge in [-0.3, -0.25) is 9.36 Å². The molecule has 1 fully saturated rings. The first-order valence-corrected chi connectivity index (χ1v) is 9.68. The lowest BCUT2D eigenvalue weighted by atomic mass is 9.83. The van der Waals surface area contributed by atoms with Crippen LogP contribution in [0.3, 0.4) is 0 Å². The molecule has 0 radical (unpaired) electrons. The maximum atomic E-state index is 14.8. The zero-order chi connectivity index (χ0) is 20.3. The molecule has 154 valence electrons. The van der Waals surface area contributed by atoms with Crippen molar-refractivity contribution in [1.29, 1.82) is 0 Å². The SMILES string of the molecule is CCOc1nc2ccc(OC[C@H]3C[C@H](OC[C@H](C)NC(C)=O)C3)c(F)c2n1C. The van der Waals surface area contributed by atoms with Crippen molar-refractivity contribution in [3.05, 3.63) is 17.9 Å². The molecule has 1 aromatic carbocycles. The Kier molecular flexibility index (Phi) is 6.39. The minimum Gasteiger partial charge on any atom is -0.490 e. The number of nitrogens with zero attached hydrogens (tertiary/aromatic N) is 2. The van der Waals surface area contributed by atoms with E-state index in [1.807, 2.05) is 13.8 Å². The van der Waals surface area contributed by atoms with Crippen molar-refractivity contribution in [3.63, 3.8) is 0 Å². The van der Waals surface area contributed by atoms with E-state index in [1.54, 1.807) is 23.7 Å². The number of fused-ring (bicyclic) bond motifs is 1. The van der Waals surface area contributed by atoms with Crippen molar-refractivity contribution >= 4 is 16.9 Å². The Bertz CT molecular complexity index is 832. The molecule has 1 aliphatic rings. The molecular formula is C20H28FN3O4. The number of amides is 1. The van der Waals surface area contributed by atoms with Gasteiger partial charge in [0.05, 0.1) is 31.4 Å². The molecule has 0 unspecified atom stereocenters. The topological polar surface area (TPSA) is 74.6 Å². The van der Waals surface area contributed by atoms with Crippen LogP contribution < -0.4 is 14.8 Å². The average Bonchev–Trinajstić information content (AvgIpc) is 2.91. The van der Waals surface area contributed by atoms with Gasteiger partial charge in [-0.25, -0.2) is 4.39 Å². The van der Waals surface area contributed by atoms with E-state index in [9.17, 15) is 9.18 Å². The molecule has 2 aromatic rings. The maximum absolute atomic E-state index is 14.8. The van der Waals surface area contributed by atoms with Crippen LogP contribution in [-0.2, 0) is 16.6 Å². The van der Waals surface area contributed by atoms with Crippen LogP contribution in [0.4, 0.5) is 4.39 Å². The van der Waals surface area contributed by atoms with E-state index in [0.29, 0.717) is 42.8 Å². The van der Waals surface area contributed by atoms with E-state index >= 15 is 0 Å². The van der Waals surface area contributed by atoms with E-state index in [4.69, 9.17) is 14.2 Å². The van der Waals surface area contributed by atoms with Gasteiger partial charge in [0.1, 0.15) is 5.52 Å². The second kappa shape index (κ2) is 8.77. The largest absolute Gasteiger partial charge is 0.490 e. The Morgan fingerprint density at radius 2 is 2.14 bits per heavy atom. The number of carbonyl (C=O) groups excluding carboxylic acids is 1. The lowest BCUT2D eigenvalue weighted by Gasteiger charge is -2.35. The van der Waals surface area contributed by atoms with E-state index in [2.05, 4.69) is 10.3 Å². The minimum atomic E-state index is -0.422. The number of hydrogen-bond acceptors (Lipinski definition) is 5. The van der Waals surface area contributed by atoms with Gasteiger partial charge < -0.3 is 19.5 Å². The first-order valence-electron chi connectivity index (χ1n) is 9.68. The fraction of sp³-hybridized carbons (Fsp3) is 0.600. The quantitative estimate of drug-likeness (QED) is 0.709. The number of nitrogens with one attached hydrogen (secondary N) is 1. The molecule has 1 N–H and O–H groups in total. The number of aryl methyl sites for hydroxylation is 1. The smallest absolute Gasteiger partial charge is 0.297 e. The van der Waals surface area contributed by atoms with Crippen molar-refractivity contribution in [3.8, 4) is 11.8 Å². The number of ether oxygens (including phenoxy) is 3. The predicted octanol–water partition coefficient (Wildman–Crippen LogP) is 2.81. The Balaban J connectivity index is 1.49. The summed E-state index contributed by atoms with van der Waals surface area (Å²) in [5.74, 6) is 0.0791. The number of benzene rings is 1. The van der Waals surface area contributed by atoms with Gasteiger partial charge in [0.25, 0.3) is 6.01 Å². The van der Waals surface area contributed by atoms with Crippen LogP contribution in [0.15, 0.2) is 12.1 Å². The second-order valence-corrected chi connectivity index (χ2v) is 7.34. The van der Waals surface area contributed by atoms with Gasteiger partial charge >= 0.3 is 0 Å². The summed E-state index contributed by atoms with van der Waals surface area (Å²) < 4.78 is 33.4. The van der Waals surface area contributed by atoms with Gasteiger partial charge in [-0.1, -0.05) is 0 Å². The van der Waals surface area contributed by atoms with Crippen LogP contribution in [0, 0.1) is 11.7 Å². The molecule has 1 amide bonds. The molecule has 0 aliphatic heterocycles. The van der Waals surface area contributed by atoms with Crippen LogP contribution in [0.2, 0.25) is 0 Å². The standard InChI is InChI=1S/C20H28FN3O4/c1-5-26-20-23-16-6-7-17(18(21)19(16)24(20)4)28-11-14-8-15(9-14)27-10-12(2)22-13(3)25/h6-7,12,14-15H,5,8-11H2,1-4H3,(H,22,25)/t12-,14-,15-/m0/s1. The third-order valence-electron chi connectivity index (χ3n) is 4.87. The molecule has 1 saturated carbocycles. The van der Waals surface area contributed by atoms with Crippen LogP contribution in [0.5, 0.6) is 11.8 Å². The molecule has 1 aromatic heterocycles. The fourth-order valence-corrected chi connectivity index (χ4v) is 3.41. The van der Waals surface area contributed by atoms with Crippen molar-refractivity contribution in [2.75, 3.05) is 19.8 Å². The van der Waals surface area contributed by atoms with Gasteiger partial charge in [0.2, 0.25) is 5.91 Å². The summed E-state index contributed by atoms with van der Waals surface area (Å²) in [4.78, 5) is 15.3. The van der Waals surface area contributed by atoms with Gasteiger partial charge in [-0.15, -0.1) is 0 Å². The maximum Gasteiger partial charge on any atom is 0.297 e. The number of imidazole rings is 1. The Hall–Kier alpha value is -2.35. The summed E-state index contributed by atoms with van der Waals surface area (Å²) in [6, 6.07) is 3.74. The van der Waals surface area contributed by atoms with E-state index < -0.39 is 5.82 Å². The summed E-state index contributed by atoms with van der Waals surface area (Å²) in [6.07, 6.45) is 1.91. The van der Waals surface area contributed by atoms with E-state index in [0.717, 1.165) is 12.8 Å². The van der Waals surface area contributed by atoms with Crippen LogP contribution in [0.1, 0.15) is 33.6 Å². The Labute approximate surface area is 164 Å². The minimum absolute atomic E-state index is 0.00547. The van der Waals surface area contributed by atoms with E-state index in [-0.39, 0.29) is 23.8 Å². The number of rotatable bonds is 9. The highest BCUT2D eigenvalue weighted by Crippen LogP contribution is 2.33. The van der Waals surface area contributed by atoms with Crippen LogP contribution in [0.25, 0.3) is 11.0 Å². The summed E-state index contributed by atoms with van der Waals surface area (Å²) >= 11 is 0. The molecule has 0 saturated heterocycles. The molecule has 0 bridgehead atoms. The number of carbonyl (C=O) groups is 1. The first kappa shape index (κ1) is 20.4. The monoisotopic (exact) mass is 393 g/mol. The summed E-state index contributed by atoms with van der Waals surface area (Å²) in [5, 5.41) is 2.79. The highest BCUT2D eigenvalue weighted by atomic mass is 19.1. The Morgan fingerprint density at radius 3 is 2.82 bits per heavy atom. The summed E-state index contributed by atoms with van der Waals surface area (Å²) in [7, 11) is 1.73. The summed E-state index contributed by atoms with van der Waals surface area (Å²) in [5.41, 5.74) is 0.920. The third-order valence-corrected chi connectivity index (χ3v) is 4.87. The molecule has 1 aliphatic carbocycles. The normalized spacial score (nSPS) is 19.9. The summed E-state index contributed by atoms with van der Waals surface area (Å²) in [6.45, 7) is 6.67.